The van der Waals surface area contributed by atoms with Gasteiger partial charge < -0.3 is 54.1 Å². The summed E-state index contributed by atoms with van der Waals surface area (Å²) in [6, 6.07) is 22.6. The number of aliphatic hydroxyl groups excluding tert-OH is 3. The minimum Gasteiger partial charge on any atom is -0.459 e. The summed E-state index contributed by atoms with van der Waals surface area (Å²) in [7, 11) is 0. The highest BCUT2D eigenvalue weighted by atomic mass is 16.8. The SMILES string of the molecule is C=CCO[C@@]12Oc3ccc(OC(=O)NCc4ccccc4)cc3[C@H]3[C@H](CCCCO)[C@@H](CCCCO)C=C(C(=NOC4CCCCO4)C[C@@H]1N(CCOCCO)C(=O)c1ccc(C#N)cc1)[C@H]32. The minimum absolute atomic E-state index is 0.0285. The number of fused-ring (bicyclic) bond motifs is 2. The van der Waals surface area contributed by atoms with Gasteiger partial charge >= 0.3 is 6.09 Å². The molecule has 4 aliphatic rings. The molecule has 2 heterocycles. The van der Waals surface area contributed by atoms with Gasteiger partial charge in [-0.2, -0.15) is 5.26 Å². The molecule has 0 radical (unpaired) electrons. The highest BCUT2D eigenvalue weighted by Gasteiger charge is 2.65. The first-order chi connectivity index (χ1) is 32.8. The van der Waals surface area contributed by atoms with Gasteiger partial charge in [0.1, 0.15) is 17.5 Å². The number of aliphatic hydroxyl groups is 3. The van der Waals surface area contributed by atoms with Crippen LogP contribution in [0.3, 0.4) is 0 Å². The summed E-state index contributed by atoms with van der Waals surface area (Å²) >= 11 is 0. The average molecular weight is 921 g/mol. The number of hydrogen-bond donors (Lipinski definition) is 4. The van der Waals surface area contributed by atoms with Crippen LogP contribution >= 0.6 is 0 Å². The number of carbonyl (C=O) groups is 2. The first-order valence-electron chi connectivity index (χ1n) is 23.7. The van der Waals surface area contributed by atoms with E-state index in [1.54, 1.807) is 47.4 Å². The Morgan fingerprint density at radius 3 is 2.48 bits per heavy atom. The molecule has 0 bridgehead atoms. The number of allylic oxidation sites excluding steroid dienone is 1. The Balaban J connectivity index is 1.41. The van der Waals surface area contributed by atoms with Crippen molar-refractivity contribution in [1.82, 2.24) is 10.2 Å². The monoisotopic (exact) mass is 920 g/mol. The minimum atomic E-state index is -1.57. The predicted molar refractivity (Wildman–Crippen MR) is 249 cm³/mol. The highest BCUT2D eigenvalue weighted by molar-refractivity contribution is 6.03. The van der Waals surface area contributed by atoms with Gasteiger partial charge in [-0.3, -0.25) is 4.79 Å². The van der Waals surface area contributed by atoms with Gasteiger partial charge in [0, 0.05) is 56.2 Å². The Morgan fingerprint density at radius 2 is 1.76 bits per heavy atom. The van der Waals surface area contributed by atoms with Crippen molar-refractivity contribution >= 4 is 17.7 Å². The lowest BCUT2D eigenvalue weighted by Gasteiger charge is -2.60. The van der Waals surface area contributed by atoms with Crippen LogP contribution in [0.2, 0.25) is 0 Å². The van der Waals surface area contributed by atoms with Crippen molar-refractivity contribution in [2.75, 3.05) is 52.8 Å². The lowest BCUT2D eigenvalue weighted by atomic mass is 9.55. The van der Waals surface area contributed by atoms with Crippen LogP contribution < -0.4 is 14.8 Å². The molecule has 0 spiro atoms. The molecule has 2 fully saturated rings. The number of carbonyl (C=O) groups excluding carboxylic acids is 2. The molecular formula is C52H64N4O11. The van der Waals surface area contributed by atoms with Gasteiger partial charge in [0.05, 0.1) is 56.3 Å². The van der Waals surface area contributed by atoms with E-state index in [1.165, 1.54) is 0 Å². The van der Waals surface area contributed by atoms with Gasteiger partial charge in [0.2, 0.25) is 12.1 Å². The zero-order valence-corrected chi connectivity index (χ0v) is 38.1. The van der Waals surface area contributed by atoms with Crippen molar-refractivity contribution in [3.8, 4) is 17.6 Å². The van der Waals surface area contributed by atoms with Gasteiger partial charge in [-0.25, -0.2) is 4.79 Å². The third kappa shape index (κ3) is 11.9. The van der Waals surface area contributed by atoms with Crippen LogP contribution in [0.15, 0.2) is 102 Å². The molecule has 3 aromatic rings. The van der Waals surface area contributed by atoms with Crippen LogP contribution in [0.4, 0.5) is 4.79 Å². The highest BCUT2D eigenvalue weighted by Crippen LogP contribution is 2.62. The second-order valence-corrected chi connectivity index (χ2v) is 17.4. The van der Waals surface area contributed by atoms with Gasteiger partial charge in [-0.05, 0) is 104 Å². The maximum absolute atomic E-state index is 15.1. The van der Waals surface area contributed by atoms with Gasteiger partial charge in [0.25, 0.3) is 5.91 Å². The van der Waals surface area contributed by atoms with E-state index in [9.17, 15) is 25.4 Å². The van der Waals surface area contributed by atoms with E-state index < -0.39 is 30.1 Å². The van der Waals surface area contributed by atoms with Crippen molar-refractivity contribution in [2.24, 2.45) is 22.9 Å². The van der Waals surface area contributed by atoms with E-state index in [0.29, 0.717) is 60.6 Å². The Labute approximate surface area is 392 Å². The first kappa shape index (κ1) is 49.3. The number of hydrogen-bond acceptors (Lipinski definition) is 13. The van der Waals surface area contributed by atoms with E-state index >= 15 is 4.79 Å². The van der Waals surface area contributed by atoms with Gasteiger partial charge in [-0.15, -0.1) is 6.58 Å². The van der Waals surface area contributed by atoms with Gasteiger partial charge in [-0.1, -0.05) is 60.5 Å². The number of ether oxygens (including phenoxy) is 5. The molecule has 7 rings (SSSR count). The number of oxime groups is 1. The molecule has 1 saturated carbocycles. The van der Waals surface area contributed by atoms with Gasteiger partial charge in [0.15, 0.2) is 0 Å². The molecule has 2 amide bonds. The lowest BCUT2D eigenvalue weighted by Crippen LogP contribution is -2.70. The summed E-state index contributed by atoms with van der Waals surface area (Å²) in [4.78, 5) is 36.4. The van der Waals surface area contributed by atoms with Crippen LogP contribution in [0.5, 0.6) is 11.5 Å². The number of unbranched alkanes of at least 4 members (excludes halogenated alkanes) is 2. The molecule has 15 nitrogen and oxygen atoms in total. The number of nitriles is 1. The fourth-order valence-corrected chi connectivity index (χ4v) is 10.1. The van der Waals surface area contributed by atoms with E-state index in [2.05, 4.69) is 24.0 Å². The van der Waals surface area contributed by atoms with Crippen molar-refractivity contribution in [2.45, 2.75) is 94.8 Å². The van der Waals surface area contributed by atoms with Crippen LogP contribution in [-0.4, -0.2) is 109 Å². The Bertz CT molecular complexity index is 2210. The number of nitrogens with one attached hydrogen (secondary N) is 1. The molecule has 7 atom stereocenters. The molecule has 0 aromatic heterocycles. The van der Waals surface area contributed by atoms with Crippen molar-refractivity contribution in [3.63, 3.8) is 0 Å². The predicted octanol–water partition coefficient (Wildman–Crippen LogP) is 7.16. The average Bonchev–Trinajstić information content (AvgIpc) is 3.36. The molecule has 358 valence electrons. The molecule has 1 saturated heterocycles. The fraction of sp³-hybridized carbons (Fsp3) is 0.500. The largest absolute Gasteiger partial charge is 0.459 e. The lowest BCUT2D eigenvalue weighted by molar-refractivity contribution is -0.255. The van der Waals surface area contributed by atoms with Crippen molar-refractivity contribution in [1.29, 1.82) is 5.26 Å². The molecule has 2 aliphatic carbocycles. The van der Waals surface area contributed by atoms with E-state index in [-0.39, 0.29) is 82.8 Å². The summed E-state index contributed by atoms with van der Waals surface area (Å²) in [5.41, 5.74) is 3.88. The number of amides is 2. The zero-order valence-electron chi connectivity index (χ0n) is 38.1. The zero-order chi connectivity index (χ0) is 47.0. The summed E-state index contributed by atoms with van der Waals surface area (Å²) in [5.74, 6) is -2.24. The number of rotatable bonds is 23. The summed E-state index contributed by atoms with van der Waals surface area (Å²) in [6.45, 7) is 5.00. The number of nitrogens with zero attached hydrogens (tertiary/aromatic N) is 3. The molecule has 15 heteroatoms. The van der Waals surface area contributed by atoms with Crippen molar-refractivity contribution < 1.29 is 53.4 Å². The molecule has 3 aromatic carbocycles. The van der Waals surface area contributed by atoms with Crippen LogP contribution in [0.1, 0.15) is 97.2 Å². The van der Waals surface area contributed by atoms with Crippen LogP contribution in [-0.2, 0) is 25.6 Å². The second kappa shape index (κ2) is 24.4. The molecule has 2 aliphatic heterocycles. The standard InChI is InChI=1S/C52H64N4O11/c1-2-27-64-52-46(56(23-29-62-30-26-59)50(60)38-19-17-36(34-53)18-20-38)33-44(55-67-47-16-8-11-28-63-47)42-31-39(14-6-9-24-57)41(15-7-10-25-58)48(49(42)52)43-32-40(21-22-45(43)66-52)65-51(61)54-35-37-12-4-3-5-13-37/h2-5,12-13,17-22,31-32,39,41,46-49,57-59H,1,6-11,14-16,23-30,33,35H2,(H,54,61)/t39-,41+,46-,47?,48+,49+,52+/m0/s1. The Kier molecular flexibility index (Phi) is 18.0. The third-order valence-electron chi connectivity index (χ3n) is 13.2. The maximum Gasteiger partial charge on any atom is 0.412 e. The fourth-order valence-electron chi connectivity index (χ4n) is 10.1. The van der Waals surface area contributed by atoms with E-state index in [1.807, 2.05) is 36.4 Å². The normalized spacial score (nSPS) is 24.5. The van der Waals surface area contributed by atoms with E-state index in [4.69, 9.17) is 33.7 Å². The number of benzene rings is 3. The topological polar surface area (TPSA) is 202 Å². The first-order valence-corrected chi connectivity index (χ1v) is 23.7. The van der Waals surface area contributed by atoms with Crippen molar-refractivity contribution in [3.05, 3.63) is 119 Å². The quantitative estimate of drug-likeness (QED) is 0.0426. The summed E-state index contributed by atoms with van der Waals surface area (Å²) in [6.07, 6.45) is 9.52. The molecule has 67 heavy (non-hydrogen) atoms. The summed E-state index contributed by atoms with van der Waals surface area (Å²) in [5, 5.41) is 47.0. The molecule has 1 unspecified atom stereocenters. The van der Waals surface area contributed by atoms with Crippen LogP contribution in [0.25, 0.3) is 0 Å². The maximum atomic E-state index is 15.1. The second-order valence-electron chi connectivity index (χ2n) is 17.4. The van der Waals surface area contributed by atoms with Crippen LogP contribution in [0, 0.1) is 29.1 Å². The Hall–Kier alpha value is -5.60. The van der Waals surface area contributed by atoms with E-state index in [0.717, 1.165) is 48.8 Å². The molecular weight excluding hydrogens is 857 g/mol. The Morgan fingerprint density at radius 1 is 0.970 bits per heavy atom. The smallest absolute Gasteiger partial charge is 0.412 e. The summed E-state index contributed by atoms with van der Waals surface area (Å²) < 4.78 is 32.2. The third-order valence-corrected chi connectivity index (χ3v) is 13.2. The molecule has 4 N–H and O–H groups in total.